The van der Waals surface area contributed by atoms with Gasteiger partial charge in [-0.1, -0.05) is 30.3 Å². The van der Waals surface area contributed by atoms with Crippen molar-refractivity contribution in [2.75, 3.05) is 6.54 Å². The Labute approximate surface area is 124 Å². The molecule has 2 amide bonds. The number of carbonyl (C=O) groups excluding carboxylic acids is 2. The van der Waals surface area contributed by atoms with Crippen molar-refractivity contribution in [3.8, 4) is 0 Å². The van der Waals surface area contributed by atoms with Gasteiger partial charge in [0.25, 0.3) is 0 Å². The van der Waals surface area contributed by atoms with Gasteiger partial charge in [-0.3, -0.25) is 20.0 Å². The van der Waals surface area contributed by atoms with Gasteiger partial charge in [0.05, 0.1) is 12.2 Å². The highest BCUT2D eigenvalue weighted by atomic mass is 16.2. The van der Waals surface area contributed by atoms with E-state index in [1.807, 2.05) is 36.4 Å². The monoisotopic (exact) mass is 285 g/mol. The molecule has 1 saturated carbocycles. The van der Waals surface area contributed by atoms with Gasteiger partial charge < -0.3 is 5.32 Å². The molecule has 21 heavy (non-hydrogen) atoms. The number of hydrazine groups is 1. The summed E-state index contributed by atoms with van der Waals surface area (Å²) in [5, 5.41) is 4.47. The number of amides is 2. The standard InChI is InChI=1S/C16H19N3O2/c20-15(17-13-6-7-13)10-11-19-16(21)9-8-14(18-19)12-4-2-1-3-5-12/h1-5,8,13,18H,6-7,9-11H2,(H,17,20). The second-order valence-electron chi connectivity index (χ2n) is 5.44. The number of nitrogens with zero attached hydrogens (tertiary/aromatic N) is 1. The Morgan fingerprint density at radius 3 is 2.76 bits per heavy atom. The van der Waals surface area contributed by atoms with Crippen molar-refractivity contribution >= 4 is 17.5 Å². The largest absolute Gasteiger partial charge is 0.353 e. The molecule has 0 spiro atoms. The van der Waals surface area contributed by atoms with Crippen molar-refractivity contribution < 1.29 is 9.59 Å². The second-order valence-corrected chi connectivity index (χ2v) is 5.44. The fourth-order valence-corrected chi connectivity index (χ4v) is 2.27. The minimum Gasteiger partial charge on any atom is -0.353 e. The summed E-state index contributed by atoms with van der Waals surface area (Å²) in [4.78, 5) is 23.6. The second kappa shape index (κ2) is 5.99. The van der Waals surface area contributed by atoms with Gasteiger partial charge in [0.2, 0.25) is 11.8 Å². The average Bonchev–Trinajstić information content (AvgIpc) is 3.31. The zero-order chi connectivity index (χ0) is 14.7. The molecule has 1 aromatic carbocycles. The first kappa shape index (κ1) is 13.7. The minimum atomic E-state index is -0.00565. The van der Waals surface area contributed by atoms with Crippen LogP contribution in [0.2, 0.25) is 0 Å². The van der Waals surface area contributed by atoms with E-state index >= 15 is 0 Å². The van der Waals surface area contributed by atoms with Gasteiger partial charge >= 0.3 is 0 Å². The Bertz CT molecular complexity index is 564. The van der Waals surface area contributed by atoms with Gasteiger partial charge in [0.15, 0.2) is 0 Å². The van der Waals surface area contributed by atoms with Crippen molar-refractivity contribution in [2.45, 2.75) is 31.7 Å². The van der Waals surface area contributed by atoms with Crippen molar-refractivity contribution in [1.82, 2.24) is 15.8 Å². The van der Waals surface area contributed by atoms with Gasteiger partial charge in [0, 0.05) is 18.9 Å². The Kier molecular flexibility index (Phi) is 3.90. The van der Waals surface area contributed by atoms with Crippen molar-refractivity contribution in [1.29, 1.82) is 0 Å². The molecule has 110 valence electrons. The zero-order valence-corrected chi connectivity index (χ0v) is 11.8. The fourth-order valence-electron chi connectivity index (χ4n) is 2.27. The molecule has 1 aliphatic heterocycles. The van der Waals surface area contributed by atoms with E-state index < -0.39 is 0 Å². The van der Waals surface area contributed by atoms with E-state index in [4.69, 9.17) is 0 Å². The highest BCUT2D eigenvalue weighted by Crippen LogP contribution is 2.19. The van der Waals surface area contributed by atoms with Crippen LogP contribution in [0.1, 0.15) is 31.2 Å². The van der Waals surface area contributed by atoms with Gasteiger partial charge in [-0.25, -0.2) is 0 Å². The highest BCUT2D eigenvalue weighted by molar-refractivity contribution is 5.84. The smallest absolute Gasteiger partial charge is 0.244 e. The molecule has 0 atom stereocenters. The molecule has 0 aromatic heterocycles. The van der Waals surface area contributed by atoms with Gasteiger partial charge in [-0.15, -0.1) is 0 Å². The lowest BCUT2D eigenvalue weighted by atomic mass is 10.1. The molecule has 1 heterocycles. The van der Waals surface area contributed by atoms with Crippen molar-refractivity contribution in [3.63, 3.8) is 0 Å². The Morgan fingerprint density at radius 2 is 2.05 bits per heavy atom. The van der Waals surface area contributed by atoms with Crippen LogP contribution in [0.15, 0.2) is 36.4 Å². The van der Waals surface area contributed by atoms with Crippen molar-refractivity contribution in [2.24, 2.45) is 0 Å². The van der Waals surface area contributed by atoms with Crippen LogP contribution in [0.4, 0.5) is 0 Å². The first-order chi connectivity index (χ1) is 10.2. The van der Waals surface area contributed by atoms with Crippen LogP contribution in [-0.2, 0) is 9.59 Å². The predicted octanol–water partition coefficient (Wildman–Crippen LogP) is 1.43. The van der Waals surface area contributed by atoms with Gasteiger partial charge in [0.1, 0.15) is 0 Å². The predicted molar refractivity (Wildman–Crippen MR) is 79.7 cm³/mol. The molecule has 1 aliphatic carbocycles. The molecule has 0 saturated heterocycles. The fraction of sp³-hybridized carbons (Fsp3) is 0.375. The van der Waals surface area contributed by atoms with Crippen LogP contribution in [0.25, 0.3) is 5.70 Å². The summed E-state index contributed by atoms with van der Waals surface area (Å²) >= 11 is 0. The maximum atomic E-state index is 11.9. The lowest BCUT2D eigenvalue weighted by molar-refractivity contribution is -0.133. The van der Waals surface area contributed by atoms with Crippen LogP contribution >= 0.6 is 0 Å². The normalized spacial score (nSPS) is 18.0. The third-order valence-electron chi connectivity index (χ3n) is 3.63. The van der Waals surface area contributed by atoms with Crippen molar-refractivity contribution in [3.05, 3.63) is 42.0 Å². The molecular formula is C16H19N3O2. The average molecular weight is 285 g/mol. The third kappa shape index (κ3) is 3.62. The summed E-state index contributed by atoms with van der Waals surface area (Å²) in [5.41, 5.74) is 5.06. The molecule has 0 radical (unpaired) electrons. The first-order valence-electron chi connectivity index (χ1n) is 7.34. The van der Waals surface area contributed by atoms with Crippen LogP contribution in [0.3, 0.4) is 0 Å². The molecule has 0 bridgehead atoms. The van der Waals surface area contributed by atoms with Crippen LogP contribution in [0, 0.1) is 0 Å². The van der Waals surface area contributed by atoms with Crippen LogP contribution in [-0.4, -0.2) is 29.4 Å². The molecule has 3 rings (SSSR count). The Hall–Kier alpha value is -2.30. The number of carbonyl (C=O) groups is 2. The number of hydrogen-bond donors (Lipinski definition) is 2. The van der Waals surface area contributed by atoms with E-state index in [1.165, 1.54) is 5.01 Å². The Balaban J connectivity index is 1.57. The van der Waals surface area contributed by atoms with Crippen LogP contribution < -0.4 is 10.7 Å². The quantitative estimate of drug-likeness (QED) is 0.860. The molecule has 5 nitrogen and oxygen atoms in total. The highest BCUT2D eigenvalue weighted by Gasteiger charge is 2.24. The van der Waals surface area contributed by atoms with E-state index in [0.29, 0.717) is 25.4 Å². The SMILES string of the molecule is O=C(CCN1NC(c2ccccc2)=CCC1=O)NC1CC1. The third-order valence-corrected chi connectivity index (χ3v) is 3.63. The van der Waals surface area contributed by atoms with Gasteiger partial charge in [-0.05, 0) is 24.5 Å². The van der Waals surface area contributed by atoms with E-state index in [-0.39, 0.29) is 11.8 Å². The van der Waals surface area contributed by atoms with E-state index in [1.54, 1.807) is 0 Å². The van der Waals surface area contributed by atoms with Gasteiger partial charge in [-0.2, -0.15) is 0 Å². The molecule has 5 heteroatoms. The maximum Gasteiger partial charge on any atom is 0.244 e. The summed E-state index contributed by atoms with van der Waals surface area (Å²) in [6, 6.07) is 10.2. The lowest BCUT2D eigenvalue weighted by Gasteiger charge is -2.29. The summed E-state index contributed by atoms with van der Waals surface area (Å²) in [6.07, 6.45) is 4.73. The Morgan fingerprint density at radius 1 is 1.29 bits per heavy atom. The van der Waals surface area contributed by atoms with E-state index in [2.05, 4.69) is 10.7 Å². The molecule has 1 aromatic rings. The summed E-state index contributed by atoms with van der Waals surface area (Å²) in [7, 11) is 0. The first-order valence-corrected chi connectivity index (χ1v) is 7.34. The molecular weight excluding hydrogens is 266 g/mol. The number of hydrogen-bond acceptors (Lipinski definition) is 3. The maximum absolute atomic E-state index is 11.9. The summed E-state index contributed by atoms with van der Waals surface area (Å²) < 4.78 is 0. The molecule has 2 N–H and O–H groups in total. The topological polar surface area (TPSA) is 61.4 Å². The zero-order valence-electron chi connectivity index (χ0n) is 11.8. The number of benzene rings is 1. The minimum absolute atomic E-state index is 0.00565. The number of rotatable bonds is 5. The molecule has 0 unspecified atom stereocenters. The van der Waals surface area contributed by atoms with E-state index in [9.17, 15) is 9.59 Å². The van der Waals surface area contributed by atoms with Crippen LogP contribution in [0.5, 0.6) is 0 Å². The lowest BCUT2D eigenvalue weighted by Crippen LogP contribution is -2.46. The summed E-state index contributed by atoms with van der Waals surface area (Å²) in [5.74, 6) is 0.0109. The van der Waals surface area contributed by atoms with E-state index in [0.717, 1.165) is 24.1 Å². The molecule has 2 aliphatic rings. The number of nitrogens with one attached hydrogen (secondary N) is 2. The molecule has 1 fully saturated rings. The summed E-state index contributed by atoms with van der Waals surface area (Å²) in [6.45, 7) is 0.390.